The predicted octanol–water partition coefficient (Wildman–Crippen LogP) is 1.81. The van der Waals surface area contributed by atoms with E-state index in [1.54, 1.807) is 6.20 Å². The maximum atomic E-state index is 5.73. The molecule has 2 rings (SSSR count). The van der Waals surface area contributed by atoms with Crippen LogP contribution in [0.5, 0.6) is 0 Å². The molecule has 0 amide bonds. The number of fused-ring (bicyclic) bond motifs is 1. The Kier molecular flexibility index (Phi) is 2.05. The molecule has 4 nitrogen and oxygen atoms in total. The minimum absolute atomic E-state index is 0.478. The van der Waals surface area contributed by atoms with Crippen LogP contribution >= 0.6 is 22.9 Å². The molecule has 0 saturated carbocycles. The summed E-state index contributed by atoms with van der Waals surface area (Å²) in [6, 6.07) is 0. The van der Waals surface area contributed by atoms with Crippen molar-refractivity contribution in [1.29, 1.82) is 0 Å². The quantitative estimate of drug-likeness (QED) is 0.726. The Bertz CT molecular complexity index is 439. The number of anilines is 1. The van der Waals surface area contributed by atoms with E-state index in [-0.39, 0.29) is 0 Å². The van der Waals surface area contributed by atoms with Crippen LogP contribution < -0.4 is 4.90 Å². The maximum Gasteiger partial charge on any atom is 0.191 e. The van der Waals surface area contributed by atoms with Gasteiger partial charge in [0, 0.05) is 14.1 Å². The lowest BCUT2D eigenvalue weighted by Gasteiger charge is -2.08. The zero-order valence-electron chi connectivity index (χ0n) is 7.15. The lowest BCUT2D eigenvalue weighted by molar-refractivity contribution is 1.06. The first kappa shape index (κ1) is 8.65. The molecule has 0 fully saturated rings. The second-order valence-corrected chi connectivity index (χ2v) is 4.28. The normalized spacial score (nSPS) is 10.7. The minimum Gasteiger partial charge on any atom is -0.361 e. The molecule has 0 aliphatic carbocycles. The highest BCUT2D eigenvalue weighted by molar-refractivity contribution is 7.21. The van der Waals surface area contributed by atoms with Gasteiger partial charge in [-0.2, -0.15) is 0 Å². The monoisotopic (exact) mass is 214 g/mol. The second kappa shape index (κ2) is 3.08. The van der Waals surface area contributed by atoms with Crippen LogP contribution in [0.15, 0.2) is 6.20 Å². The maximum absolute atomic E-state index is 5.73. The van der Waals surface area contributed by atoms with Gasteiger partial charge < -0.3 is 4.90 Å². The Morgan fingerprint density at radius 3 is 2.85 bits per heavy atom. The van der Waals surface area contributed by atoms with Crippen molar-refractivity contribution in [3.63, 3.8) is 0 Å². The van der Waals surface area contributed by atoms with Gasteiger partial charge in [0.05, 0.1) is 6.20 Å². The lowest BCUT2D eigenvalue weighted by Crippen LogP contribution is -2.10. The van der Waals surface area contributed by atoms with E-state index in [4.69, 9.17) is 11.6 Å². The zero-order valence-corrected chi connectivity index (χ0v) is 8.72. The van der Waals surface area contributed by atoms with Gasteiger partial charge in [0.1, 0.15) is 5.82 Å². The number of hydrogen-bond acceptors (Lipinski definition) is 5. The van der Waals surface area contributed by atoms with E-state index in [0.717, 1.165) is 10.6 Å². The van der Waals surface area contributed by atoms with Crippen LogP contribution in [-0.2, 0) is 0 Å². The summed E-state index contributed by atoms with van der Waals surface area (Å²) in [5, 5.41) is 0. The molecule has 0 radical (unpaired) electrons. The number of aromatic nitrogens is 3. The van der Waals surface area contributed by atoms with Crippen molar-refractivity contribution in [3.8, 4) is 0 Å². The van der Waals surface area contributed by atoms with Gasteiger partial charge >= 0.3 is 0 Å². The van der Waals surface area contributed by atoms with Crippen LogP contribution in [0.4, 0.5) is 5.82 Å². The summed E-state index contributed by atoms with van der Waals surface area (Å²) >= 11 is 7.07. The average Bonchev–Trinajstić information content (AvgIpc) is 2.42. The molecule has 0 spiro atoms. The van der Waals surface area contributed by atoms with Gasteiger partial charge in [-0.3, -0.25) is 0 Å². The first-order valence-corrected chi connectivity index (χ1v) is 4.82. The van der Waals surface area contributed by atoms with Crippen LogP contribution in [0, 0.1) is 0 Å². The second-order valence-electron chi connectivity index (χ2n) is 2.72. The predicted molar refractivity (Wildman–Crippen MR) is 54.5 cm³/mol. The van der Waals surface area contributed by atoms with Crippen molar-refractivity contribution in [2.45, 2.75) is 0 Å². The standard InChI is InChI=1S/C7H7ClN4S/c1-12(2)4-3-9-5-6(10-4)13-7(8)11-5/h3H,1-2H3. The van der Waals surface area contributed by atoms with Crippen molar-refractivity contribution >= 4 is 39.2 Å². The van der Waals surface area contributed by atoms with E-state index in [0.29, 0.717) is 10.1 Å². The molecule has 0 aromatic carbocycles. The van der Waals surface area contributed by atoms with E-state index < -0.39 is 0 Å². The van der Waals surface area contributed by atoms with E-state index in [1.165, 1.54) is 11.3 Å². The number of rotatable bonds is 1. The Labute approximate surface area is 84.2 Å². The van der Waals surface area contributed by atoms with E-state index in [9.17, 15) is 0 Å². The summed E-state index contributed by atoms with van der Waals surface area (Å²) in [6.45, 7) is 0. The Morgan fingerprint density at radius 2 is 2.15 bits per heavy atom. The molecule has 0 aliphatic rings. The first-order chi connectivity index (χ1) is 6.16. The fourth-order valence-corrected chi connectivity index (χ4v) is 1.82. The van der Waals surface area contributed by atoms with Gasteiger partial charge in [0.15, 0.2) is 14.9 Å². The molecule has 13 heavy (non-hydrogen) atoms. The molecule has 2 heterocycles. The molecular formula is C7H7ClN4S. The van der Waals surface area contributed by atoms with Gasteiger partial charge in [-0.05, 0) is 0 Å². The SMILES string of the molecule is CN(C)c1cnc2nc(Cl)sc2n1. The van der Waals surface area contributed by atoms with Gasteiger partial charge in [0.25, 0.3) is 0 Å². The highest BCUT2D eigenvalue weighted by Crippen LogP contribution is 2.23. The fourth-order valence-electron chi connectivity index (χ4n) is 0.903. The van der Waals surface area contributed by atoms with Crippen molar-refractivity contribution in [2.75, 3.05) is 19.0 Å². The summed E-state index contributed by atoms with van der Waals surface area (Å²) in [6.07, 6.45) is 1.68. The Hall–Kier alpha value is -0.940. The summed E-state index contributed by atoms with van der Waals surface area (Å²) < 4.78 is 0.478. The fraction of sp³-hybridized carbons (Fsp3) is 0.286. The first-order valence-electron chi connectivity index (χ1n) is 3.63. The molecule has 68 valence electrons. The Balaban J connectivity index is 2.61. The van der Waals surface area contributed by atoms with Gasteiger partial charge in [-0.15, -0.1) is 0 Å². The van der Waals surface area contributed by atoms with Crippen LogP contribution in [0.3, 0.4) is 0 Å². The van der Waals surface area contributed by atoms with E-state index in [1.807, 2.05) is 19.0 Å². The topological polar surface area (TPSA) is 41.9 Å². The van der Waals surface area contributed by atoms with Gasteiger partial charge in [-0.25, -0.2) is 15.0 Å². The Morgan fingerprint density at radius 1 is 1.38 bits per heavy atom. The third-order valence-electron chi connectivity index (χ3n) is 1.54. The average molecular weight is 215 g/mol. The highest BCUT2D eigenvalue weighted by Gasteiger charge is 2.06. The van der Waals surface area contributed by atoms with Crippen LogP contribution in [-0.4, -0.2) is 29.0 Å². The lowest BCUT2D eigenvalue weighted by atomic mass is 10.6. The van der Waals surface area contributed by atoms with Crippen LogP contribution in [0.2, 0.25) is 4.47 Å². The largest absolute Gasteiger partial charge is 0.361 e. The molecule has 2 aromatic rings. The minimum atomic E-state index is 0.478. The third kappa shape index (κ3) is 1.57. The van der Waals surface area contributed by atoms with Crippen molar-refractivity contribution < 1.29 is 0 Å². The molecule has 6 heteroatoms. The molecular weight excluding hydrogens is 208 g/mol. The van der Waals surface area contributed by atoms with Gasteiger partial charge in [0.2, 0.25) is 0 Å². The molecule has 0 N–H and O–H groups in total. The zero-order chi connectivity index (χ0) is 9.42. The van der Waals surface area contributed by atoms with Crippen molar-refractivity contribution in [2.24, 2.45) is 0 Å². The van der Waals surface area contributed by atoms with Gasteiger partial charge in [-0.1, -0.05) is 22.9 Å². The third-order valence-corrected chi connectivity index (χ3v) is 2.59. The van der Waals surface area contributed by atoms with Crippen LogP contribution in [0.25, 0.3) is 10.5 Å². The molecule has 0 atom stereocenters. The number of halogens is 1. The molecule has 0 bridgehead atoms. The highest BCUT2D eigenvalue weighted by atomic mass is 35.5. The summed E-state index contributed by atoms with van der Waals surface area (Å²) in [4.78, 5) is 15.1. The molecule has 2 aromatic heterocycles. The molecule has 0 saturated heterocycles. The smallest absolute Gasteiger partial charge is 0.191 e. The number of hydrogen-bond donors (Lipinski definition) is 0. The number of nitrogens with zero attached hydrogens (tertiary/aromatic N) is 4. The summed E-state index contributed by atoms with van der Waals surface area (Å²) in [7, 11) is 3.83. The van der Waals surface area contributed by atoms with Crippen LogP contribution in [0.1, 0.15) is 0 Å². The van der Waals surface area contributed by atoms with E-state index in [2.05, 4.69) is 15.0 Å². The summed E-state index contributed by atoms with van der Waals surface area (Å²) in [5.41, 5.74) is 0.612. The summed E-state index contributed by atoms with van der Waals surface area (Å²) in [5.74, 6) is 0.813. The van der Waals surface area contributed by atoms with E-state index >= 15 is 0 Å². The number of thiazole rings is 1. The molecule has 0 unspecified atom stereocenters. The molecule has 0 aliphatic heterocycles. The van der Waals surface area contributed by atoms with Crippen molar-refractivity contribution in [3.05, 3.63) is 10.7 Å². The van der Waals surface area contributed by atoms with Crippen molar-refractivity contribution in [1.82, 2.24) is 15.0 Å².